The van der Waals surface area contributed by atoms with Crippen molar-refractivity contribution in [2.75, 3.05) is 4.90 Å². The van der Waals surface area contributed by atoms with Gasteiger partial charge < -0.3 is 4.90 Å². The smallest absolute Gasteiger partial charge is 0.311 e. The molecule has 0 aliphatic rings. The van der Waals surface area contributed by atoms with Crippen LogP contribution in [0, 0.1) is 54.3 Å². The first-order chi connectivity index (χ1) is 12.8. The van der Waals surface area contributed by atoms with Crippen LogP contribution in [-0.2, 0) is 0 Å². The van der Waals surface area contributed by atoms with Gasteiger partial charge in [-0.2, -0.15) is 5.57 Å². The third-order valence-electron chi connectivity index (χ3n) is 4.08. The van der Waals surface area contributed by atoms with Crippen LogP contribution in [0.1, 0.15) is 5.56 Å². The number of rotatable bonds is 6. The number of hydrogen-bond donors (Lipinski definition) is 0. The number of para-hydroxylation sites is 2. The van der Waals surface area contributed by atoms with E-state index in [1.807, 2.05) is 24.3 Å². The van der Waals surface area contributed by atoms with Gasteiger partial charge in [-0.15, -0.1) is 6.08 Å². The predicted octanol–water partition coefficient (Wildman–Crippen LogP) is 6.92. The summed E-state index contributed by atoms with van der Waals surface area (Å²) in [6.45, 7) is 9.29. The molecule has 0 saturated heterocycles. The minimum atomic E-state index is 0. The molecule has 0 N–H and O–H groups in total. The zero-order valence-electron chi connectivity index (χ0n) is 15.1. The molecule has 0 aromatic heterocycles. The Morgan fingerprint density at radius 1 is 0.741 bits per heavy atom. The van der Waals surface area contributed by atoms with Crippen molar-refractivity contribution >= 4 is 23.1 Å². The molecule has 3 aromatic carbocycles. The van der Waals surface area contributed by atoms with Gasteiger partial charge in [0.05, 0.1) is 0 Å². The molecule has 0 saturated carbocycles. The summed E-state index contributed by atoms with van der Waals surface area (Å²) in [7, 11) is 0. The first-order valence-electron chi connectivity index (χ1n) is 8.54. The molecule has 0 bridgehead atoms. The molecule has 0 aliphatic heterocycles. The Bertz CT molecular complexity index is 855. The van der Waals surface area contributed by atoms with Crippen LogP contribution in [0.5, 0.6) is 0 Å². The van der Waals surface area contributed by atoms with Crippen LogP contribution >= 0.6 is 0 Å². The minimum absolute atomic E-state index is 0. The Kier molecular flexibility index (Phi) is 8.57. The fourth-order valence-corrected chi connectivity index (χ4v) is 2.72. The first kappa shape index (κ1) is 21.2. The van der Waals surface area contributed by atoms with Crippen LogP contribution in [0.15, 0.2) is 109 Å². The van der Waals surface area contributed by atoms with E-state index in [1.165, 1.54) is 0 Å². The molecule has 3 rings (SSSR count). The molecule has 2 heteroatoms. The fraction of sp³-hybridized carbons (Fsp3) is 0. The molecule has 0 fully saturated rings. The number of hydrogen-bond acceptors (Lipinski definition) is 1. The van der Waals surface area contributed by atoms with E-state index < -0.39 is 0 Å². The first-order valence-corrected chi connectivity index (χ1v) is 8.54. The quantitative estimate of drug-likeness (QED) is 0.274. The molecule has 1 nitrogen and oxygen atoms in total. The summed E-state index contributed by atoms with van der Waals surface area (Å²) in [5.74, 6) is 0. The van der Waals surface area contributed by atoms with Gasteiger partial charge in [-0.1, -0.05) is 54.6 Å². The van der Waals surface area contributed by atoms with Crippen molar-refractivity contribution in [3.63, 3.8) is 0 Å². The summed E-state index contributed by atoms with van der Waals surface area (Å²) >= 11 is 0. The largest absolute Gasteiger partial charge is 3.00 e. The number of anilines is 3. The SMILES string of the molecule is [CH-]=CC(/C=C/c1ccc(N(c2ccccc2)c2ccccc2)cc1)=C\[CH2-].[Nd+3]. The van der Waals surface area contributed by atoms with Crippen molar-refractivity contribution in [2.24, 2.45) is 0 Å². The van der Waals surface area contributed by atoms with Crippen LogP contribution in [0.4, 0.5) is 17.1 Å². The predicted molar refractivity (Wildman–Crippen MR) is 112 cm³/mol. The molecular formula is C25H21NNd+. The molecule has 0 unspecified atom stereocenters. The van der Waals surface area contributed by atoms with E-state index in [0.717, 1.165) is 28.2 Å². The Hall–Kier alpha value is -2.10. The van der Waals surface area contributed by atoms with E-state index in [9.17, 15) is 0 Å². The van der Waals surface area contributed by atoms with Crippen molar-refractivity contribution in [1.29, 1.82) is 0 Å². The average Bonchev–Trinajstić information content (AvgIpc) is 2.72. The molecule has 0 amide bonds. The summed E-state index contributed by atoms with van der Waals surface area (Å²) in [4.78, 5) is 2.24. The normalized spacial score (nSPS) is 11.0. The maximum atomic E-state index is 5.55. The molecule has 129 valence electrons. The third kappa shape index (κ3) is 5.69. The van der Waals surface area contributed by atoms with Gasteiger partial charge in [0.1, 0.15) is 0 Å². The topological polar surface area (TPSA) is 3.24 Å². The Labute approximate surface area is 195 Å². The molecule has 1 radical (unpaired) electrons. The molecule has 27 heavy (non-hydrogen) atoms. The van der Waals surface area contributed by atoms with Crippen LogP contribution < -0.4 is 4.90 Å². The van der Waals surface area contributed by atoms with Gasteiger partial charge in [0.15, 0.2) is 0 Å². The van der Waals surface area contributed by atoms with Gasteiger partial charge in [-0.3, -0.25) is 6.58 Å². The molecule has 0 aliphatic carbocycles. The standard InChI is InChI=1S/C25H21N.Nd/c1-3-21(4-2)15-16-22-17-19-25(20-18-22)26(23-11-7-5-8-12-23)24-13-9-6-10-14-24;/h1,3-20H,2H2;/q-2;+3/b16-15+,21-4+;. The minimum Gasteiger partial charge on any atom is -0.311 e. The van der Waals surface area contributed by atoms with Crippen molar-refractivity contribution in [3.05, 3.63) is 128 Å². The molecule has 0 atom stereocenters. The van der Waals surface area contributed by atoms with E-state index in [1.54, 1.807) is 12.2 Å². The third-order valence-corrected chi connectivity index (χ3v) is 4.08. The van der Waals surface area contributed by atoms with Crippen molar-refractivity contribution in [2.45, 2.75) is 0 Å². The number of benzene rings is 3. The maximum absolute atomic E-state index is 5.55. The van der Waals surface area contributed by atoms with Crippen LogP contribution in [0.25, 0.3) is 6.08 Å². The second-order valence-electron chi connectivity index (χ2n) is 5.80. The van der Waals surface area contributed by atoms with Crippen LogP contribution in [0.3, 0.4) is 0 Å². The van der Waals surface area contributed by atoms with E-state index in [-0.39, 0.29) is 40.8 Å². The van der Waals surface area contributed by atoms with E-state index in [2.05, 4.69) is 84.6 Å². The molecule has 0 heterocycles. The zero-order chi connectivity index (χ0) is 18.2. The summed E-state index contributed by atoms with van der Waals surface area (Å²) in [6, 6.07) is 29.2. The molecular weight excluding hydrogens is 459 g/mol. The zero-order valence-corrected chi connectivity index (χ0v) is 18.3. The van der Waals surface area contributed by atoms with E-state index >= 15 is 0 Å². The van der Waals surface area contributed by atoms with Gasteiger partial charge in [0.2, 0.25) is 0 Å². The van der Waals surface area contributed by atoms with Gasteiger partial charge in [-0.25, -0.2) is 19.1 Å². The van der Waals surface area contributed by atoms with Crippen LogP contribution in [-0.4, -0.2) is 0 Å². The van der Waals surface area contributed by atoms with Gasteiger partial charge >= 0.3 is 40.8 Å². The van der Waals surface area contributed by atoms with E-state index in [0.29, 0.717) is 0 Å². The number of nitrogens with zero attached hydrogens (tertiary/aromatic N) is 1. The summed E-state index contributed by atoms with van der Waals surface area (Å²) < 4.78 is 0. The second-order valence-corrected chi connectivity index (χ2v) is 5.80. The maximum Gasteiger partial charge on any atom is 3.00 e. The Morgan fingerprint density at radius 2 is 1.22 bits per heavy atom. The average molecular weight is 480 g/mol. The van der Waals surface area contributed by atoms with E-state index in [4.69, 9.17) is 6.58 Å². The van der Waals surface area contributed by atoms with Crippen molar-refractivity contribution in [3.8, 4) is 0 Å². The fourth-order valence-electron chi connectivity index (χ4n) is 2.72. The summed E-state index contributed by atoms with van der Waals surface area (Å²) in [5.41, 5.74) is 5.36. The monoisotopic (exact) mass is 477 g/mol. The van der Waals surface area contributed by atoms with Crippen molar-refractivity contribution < 1.29 is 40.8 Å². The molecule has 0 spiro atoms. The Balaban J connectivity index is 0.00000261. The summed E-state index contributed by atoms with van der Waals surface area (Å²) in [6.07, 6.45) is 7.26. The Morgan fingerprint density at radius 3 is 1.67 bits per heavy atom. The molecule has 3 aromatic rings. The van der Waals surface area contributed by atoms with Crippen molar-refractivity contribution in [1.82, 2.24) is 0 Å². The second kappa shape index (κ2) is 10.9. The van der Waals surface area contributed by atoms with Crippen LogP contribution in [0.2, 0.25) is 0 Å². The summed E-state index contributed by atoms with van der Waals surface area (Å²) in [5, 5.41) is 0. The van der Waals surface area contributed by atoms with Gasteiger partial charge in [0, 0.05) is 17.1 Å². The number of allylic oxidation sites excluding steroid dienone is 4. The van der Waals surface area contributed by atoms with Gasteiger partial charge in [0.25, 0.3) is 0 Å². The van der Waals surface area contributed by atoms with Gasteiger partial charge in [-0.05, 0) is 42.0 Å².